The molecule has 128 valence electrons. The van der Waals surface area contributed by atoms with Crippen molar-refractivity contribution in [3.63, 3.8) is 0 Å². The number of nitrogens with one attached hydrogen (secondary N) is 1. The quantitative estimate of drug-likeness (QED) is 0.838. The Hall–Kier alpha value is -2.08. The summed E-state index contributed by atoms with van der Waals surface area (Å²) in [6, 6.07) is 5.80. The number of likely N-dealkylation sites (tertiary alicyclic amines) is 1. The summed E-state index contributed by atoms with van der Waals surface area (Å²) >= 11 is 5.87. The lowest BCUT2D eigenvalue weighted by Gasteiger charge is -2.24. The fourth-order valence-electron chi connectivity index (χ4n) is 2.67. The van der Waals surface area contributed by atoms with Crippen molar-refractivity contribution in [2.24, 2.45) is 0 Å². The summed E-state index contributed by atoms with van der Waals surface area (Å²) < 4.78 is 5.42. The molecule has 1 amide bonds. The van der Waals surface area contributed by atoms with E-state index >= 15 is 0 Å². The zero-order valence-electron chi connectivity index (χ0n) is 14.0. The van der Waals surface area contributed by atoms with Crippen LogP contribution in [-0.2, 0) is 4.74 Å². The van der Waals surface area contributed by atoms with Crippen LogP contribution in [0, 0.1) is 0 Å². The number of amides is 1. The Morgan fingerprint density at radius 1 is 1.42 bits per heavy atom. The van der Waals surface area contributed by atoms with Crippen LogP contribution in [-0.4, -0.2) is 45.7 Å². The van der Waals surface area contributed by atoms with Gasteiger partial charge in [0.2, 0.25) is 0 Å². The van der Waals surface area contributed by atoms with E-state index in [2.05, 4.69) is 15.3 Å². The molecule has 6 nitrogen and oxygen atoms in total. The van der Waals surface area contributed by atoms with Gasteiger partial charge in [-0.25, -0.2) is 14.8 Å². The lowest BCUT2D eigenvalue weighted by Crippen LogP contribution is -2.36. The molecule has 0 spiro atoms. The van der Waals surface area contributed by atoms with Gasteiger partial charge in [0.1, 0.15) is 10.8 Å². The number of fused-ring (bicyclic) bond motifs is 1. The Morgan fingerprint density at radius 3 is 2.96 bits per heavy atom. The van der Waals surface area contributed by atoms with Crippen molar-refractivity contribution in [1.82, 2.24) is 14.9 Å². The first-order valence-electron chi connectivity index (χ1n) is 7.97. The predicted octanol–water partition coefficient (Wildman–Crippen LogP) is 3.70. The van der Waals surface area contributed by atoms with Gasteiger partial charge in [0, 0.05) is 24.5 Å². The molecular weight excluding hydrogens is 328 g/mol. The Balaban J connectivity index is 1.63. The summed E-state index contributed by atoms with van der Waals surface area (Å²) in [6.07, 6.45) is 2.35. The highest BCUT2D eigenvalue weighted by Crippen LogP contribution is 2.21. The summed E-state index contributed by atoms with van der Waals surface area (Å²) in [5.41, 5.74) is 1.05. The number of ether oxygens (including phenoxy) is 1. The van der Waals surface area contributed by atoms with Gasteiger partial charge in [-0.2, -0.15) is 0 Å². The molecule has 1 fully saturated rings. The third-order valence-electron chi connectivity index (χ3n) is 3.72. The maximum absolute atomic E-state index is 12.1. The van der Waals surface area contributed by atoms with E-state index in [0.717, 1.165) is 17.5 Å². The van der Waals surface area contributed by atoms with Crippen LogP contribution in [0.5, 0.6) is 0 Å². The molecule has 1 aliphatic heterocycles. The molecule has 1 atom stereocenters. The van der Waals surface area contributed by atoms with Crippen LogP contribution >= 0.6 is 11.6 Å². The average Bonchev–Trinajstić information content (AvgIpc) is 2.94. The molecule has 2 aromatic heterocycles. The first-order chi connectivity index (χ1) is 11.3. The van der Waals surface area contributed by atoms with E-state index in [-0.39, 0.29) is 12.1 Å². The predicted molar refractivity (Wildman–Crippen MR) is 94.4 cm³/mol. The SMILES string of the molecule is CC(C)(C)OC(=O)N1CC[C@@H](Nc2cnc3nc(Cl)ccc3c2)C1. The fourth-order valence-corrected chi connectivity index (χ4v) is 2.82. The Morgan fingerprint density at radius 2 is 2.21 bits per heavy atom. The molecule has 3 heterocycles. The van der Waals surface area contributed by atoms with E-state index in [9.17, 15) is 4.79 Å². The van der Waals surface area contributed by atoms with Crippen molar-refractivity contribution in [2.45, 2.75) is 38.8 Å². The largest absolute Gasteiger partial charge is 0.444 e. The van der Waals surface area contributed by atoms with Crippen molar-refractivity contribution in [3.8, 4) is 0 Å². The maximum Gasteiger partial charge on any atom is 0.410 e. The van der Waals surface area contributed by atoms with E-state index in [1.165, 1.54) is 0 Å². The lowest BCUT2D eigenvalue weighted by atomic mass is 10.2. The van der Waals surface area contributed by atoms with Crippen molar-refractivity contribution in [2.75, 3.05) is 18.4 Å². The molecule has 1 saturated heterocycles. The van der Waals surface area contributed by atoms with Gasteiger partial charge in [0.25, 0.3) is 0 Å². The summed E-state index contributed by atoms with van der Waals surface area (Å²) in [5, 5.41) is 4.78. The van der Waals surface area contributed by atoms with Crippen molar-refractivity contribution >= 4 is 34.4 Å². The number of carbonyl (C=O) groups excluding carboxylic acids is 1. The van der Waals surface area contributed by atoms with Gasteiger partial charge in [0.05, 0.1) is 11.9 Å². The van der Waals surface area contributed by atoms with Crippen molar-refractivity contribution in [3.05, 3.63) is 29.5 Å². The zero-order chi connectivity index (χ0) is 17.3. The minimum absolute atomic E-state index is 0.178. The number of halogens is 1. The summed E-state index contributed by atoms with van der Waals surface area (Å²) in [6.45, 7) is 6.92. The molecule has 0 unspecified atom stereocenters. The number of aromatic nitrogens is 2. The zero-order valence-corrected chi connectivity index (χ0v) is 14.8. The van der Waals surface area contributed by atoms with Gasteiger partial charge in [-0.05, 0) is 45.4 Å². The van der Waals surface area contributed by atoms with Crippen LogP contribution in [0.15, 0.2) is 24.4 Å². The number of hydrogen-bond acceptors (Lipinski definition) is 5. The number of rotatable bonds is 2. The molecule has 0 radical (unpaired) electrons. The van der Waals surface area contributed by atoms with Crippen LogP contribution in [0.2, 0.25) is 5.15 Å². The average molecular weight is 349 g/mol. The van der Waals surface area contributed by atoms with Crippen LogP contribution in [0.3, 0.4) is 0 Å². The molecule has 2 aromatic rings. The molecule has 0 bridgehead atoms. The van der Waals surface area contributed by atoms with E-state index in [0.29, 0.717) is 23.9 Å². The molecule has 0 saturated carbocycles. The molecule has 3 rings (SSSR count). The molecule has 1 N–H and O–H groups in total. The van der Waals surface area contributed by atoms with Gasteiger partial charge >= 0.3 is 6.09 Å². The first-order valence-corrected chi connectivity index (χ1v) is 8.35. The third kappa shape index (κ3) is 4.06. The fraction of sp³-hybridized carbons (Fsp3) is 0.471. The van der Waals surface area contributed by atoms with Crippen molar-refractivity contribution < 1.29 is 9.53 Å². The van der Waals surface area contributed by atoms with E-state index in [4.69, 9.17) is 16.3 Å². The first kappa shape index (κ1) is 16.8. The van der Waals surface area contributed by atoms with Crippen LogP contribution < -0.4 is 5.32 Å². The molecule has 7 heteroatoms. The van der Waals surface area contributed by atoms with Gasteiger partial charge in [-0.3, -0.25) is 0 Å². The van der Waals surface area contributed by atoms with E-state index < -0.39 is 5.60 Å². The third-order valence-corrected chi connectivity index (χ3v) is 3.93. The Labute approximate surface area is 146 Å². The van der Waals surface area contributed by atoms with Gasteiger partial charge in [-0.15, -0.1) is 0 Å². The molecule has 24 heavy (non-hydrogen) atoms. The highest BCUT2D eigenvalue weighted by molar-refractivity contribution is 6.29. The molecule has 0 aliphatic carbocycles. The van der Waals surface area contributed by atoms with Crippen LogP contribution in [0.25, 0.3) is 11.0 Å². The van der Waals surface area contributed by atoms with Crippen LogP contribution in [0.1, 0.15) is 27.2 Å². The second kappa shape index (κ2) is 6.43. The number of anilines is 1. The second-order valence-electron chi connectivity index (χ2n) is 6.96. The summed E-state index contributed by atoms with van der Waals surface area (Å²) in [5.74, 6) is 0. The van der Waals surface area contributed by atoms with E-state index in [1.54, 1.807) is 17.2 Å². The Bertz CT molecular complexity index is 760. The molecule has 1 aliphatic rings. The summed E-state index contributed by atoms with van der Waals surface area (Å²) in [7, 11) is 0. The maximum atomic E-state index is 12.1. The standard InChI is InChI=1S/C17H21ClN4O2/c1-17(2,3)24-16(23)22-7-6-12(10-22)20-13-8-11-4-5-14(18)21-15(11)19-9-13/h4-5,8-9,12,20H,6-7,10H2,1-3H3/t12-/m1/s1. The number of nitrogens with zero attached hydrogens (tertiary/aromatic N) is 3. The normalized spacial score (nSPS) is 18.0. The number of hydrogen-bond donors (Lipinski definition) is 1. The highest BCUT2D eigenvalue weighted by Gasteiger charge is 2.29. The van der Waals surface area contributed by atoms with Gasteiger partial charge in [-0.1, -0.05) is 11.6 Å². The topological polar surface area (TPSA) is 67.3 Å². The van der Waals surface area contributed by atoms with Crippen molar-refractivity contribution in [1.29, 1.82) is 0 Å². The lowest BCUT2D eigenvalue weighted by molar-refractivity contribution is 0.0293. The highest BCUT2D eigenvalue weighted by atomic mass is 35.5. The summed E-state index contributed by atoms with van der Waals surface area (Å²) in [4.78, 5) is 22.3. The minimum atomic E-state index is -0.473. The number of pyridine rings is 2. The molecule has 0 aromatic carbocycles. The minimum Gasteiger partial charge on any atom is -0.444 e. The van der Waals surface area contributed by atoms with Gasteiger partial charge < -0.3 is 15.0 Å². The van der Waals surface area contributed by atoms with E-state index in [1.807, 2.05) is 32.9 Å². The Kier molecular flexibility index (Phi) is 4.49. The molecular formula is C17H21ClN4O2. The van der Waals surface area contributed by atoms with Crippen LogP contribution in [0.4, 0.5) is 10.5 Å². The number of carbonyl (C=O) groups is 1. The second-order valence-corrected chi connectivity index (χ2v) is 7.35. The monoisotopic (exact) mass is 348 g/mol. The van der Waals surface area contributed by atoms with Gasteiger partial charge in [0.15, 0.2) is 5.65 Å². The smallest absolute Gasteiger partial charge is 0.410 e.